The van der Waals surface area contributed by atoms with Crippen LogP contribution in [0, 0.1) is 5.92 Å². The Morgan fingerprint density at radius 2 is 2.09 bits per heavy atom. The second-order valence-electron chi connectivity index (χ2n) is 8.00. The van der Waals surface area contributed by atoms with Crippen LogP contribution in [-0.4, -0.2) is 46.6 Å². The predicted molar refractivity (Wildman–Crippen MR) is 129 cm³/mol. The zero-order valence-electron chi connectivity index (χ0n) is 18.6. The summed E-state index contributed by atoms with van der Waals surface area (Å²) < 4.78 is 10.4. The normalized spacial score (nSPS) is 16.3. The maximum Gasteiger partial charge on any atom is 0.339 e. The van der Waals surface area contributed by atoms with E-state index in [4.69, 9.17) is 32.5 Å². The molecule has 10 heteroatoms. The molecule has 1 aliphatic rings. The van der Waals surface area contributed by atoms with Crippen molar-refractivity contribution in [2.45, 2.75) is 26.3 Å². The number of amides is 1. The number of nitrogens with zero attached hydrogens (tertiary/aromatic N) is 3. The summed E-state index contributed by atoms with van der Waals surface area (Å²) in [6.45, 7) is 3.84. The molecule has 8 nitrogen and oxygen atoms in total. The molecule has 1 aliphatic heterocycles. The third kappa shape index (κ3) is 5.94. The highest BCUT2D eigenvalue weighted by molar-refractivity contribution is 6.34. The summed E-state index contributed by atoms with van der Waals surface area (Å²) in [5, 5.41) is 7.78. The van der Waals surface area contributed by atoms with Crippen LogP contribution in [0.4, 0.5) is 5.69 Å². The number of anilines is 1. The van der Waals surface area contributed by atoms with Crippen LogP contribution in [0.1, 0.15) is 36.0 Å². The topological polar surface area (TPSA) is 97.6 Å². The van der Waals surface area contributed by atoms with Crippen molar-refractivity contribution in [2.75, 3.05) is 25.0 Å². The molecule has 0 bridgehead atoms. The minimum Gasteiger partial charge on any atom is -0.462 e. The van der Waals surface area contributed by atoms with E-state index < -0.39 is 5.97 Å². The summed E-state index contributed by atoms with van der Waals surface area (Å²) in [6.07, 6.45) is 1.64. The van der Waals surface area contributed by atoms with Crippen LogP contribution in [0.15, 0.2) is 47.0 Å². The molecule has 1 unspecified atom stereocenters. The smallest absolute Gasteiger partial charge is 0.339 e. The molecular formula is C24H24Cl2N4O4. The van der Waals surface area contributed by atoms with E-state index in [0.717, 1.165) is 24.9 Å². The molecule has 34 heavy (non-hydrogen) atoms. The first-order valence-electron chi connectivity index (χ1n) is 11.0. The predicted octanol–water partition coefficient (Wildman–Crippen LogP) is 5.07. The van der Waals surface area contributed by atoms with E-state index in [1.165, 1.54) is 0 Å². The first kappa shape index (κ1) is 24.2. The minimum atomic E-state index is -0.493. The van der Waals surface area contributed by atoms with E-state index in [0.29, 0.717) is 35.5 Å². The highest BCUT2D eigenvalue weighted by atomic mass is 35.5. The number of benzene rings is 2. The monoisotopic (exact) mass is 502 g/mol. The third-order valence-electron chi connectivity index (χ3n) is 5.52. The quantitative estimate of drug-likeness (QED) is 0.450. The van der Waals surface area contributed by atoms with E-state index in [1.807, 2.05) is 12.1 Å². The van der Waals surface area contributed by atoms with Crippen molar-refractivity contribution < 1.29 is 18.8 Å². The van der Waals surface area contributed by atoms with Gasteiger partial charge in [0.05, 0.1) is 29.7 Å². The minimum absolute atomic E-state index is 0.102. The standard InChI is InChI=1S/C24H24Cl2N4O4/c1-2-33-24(32)19-9-8-18(12-20(19)26)27-23(31)16-6-4-10-30(13-16)14-21-28-22(29-34-21)15-5-3-7-17(25)11-15/h3,5,7-9,11-12,16H,2,4,6,10,13-14H2,1H3,(H,27,31). The van der Waals surface area contributed by atoms with Crippen molar-refractivity contribution in [1.29, 1.82) is 0 Å². The van der Waals surface area contributed by atoms with Crippen LogP contribution < -0.4 is 5.32 Å². The number of halogens is 2. The van der Waals surface area contributed by atoms with Crippen molar-refractivity contribution in [3.63, 3.8) is 0 Å². The second kappa shape index (κ2) is 11.0. The summed E-state index contributed by atoms with van der Waals surface area (Å²) in [5.74, 6) is 0.166. The van der Waals surface area contributed by atoms with Gasteiger partial charge in [-0.3, -0.25) is 9.69 Å². The molecule has 2 heterocycles. The van der Waals surface area contributed by atoms with Crippen LogP contribution in [0.3, 0.4) is 0 Å². The Balaban J connectivity index is 1.35. The van der Waals surface area contributed by atoms with Gasteiger partial charge in [-0.1, -0.05) is 40.5 Å². The van der Waals surface area contributed by atoms with Gasteiger partial charge in [0, 0.05) is 22.8 Å². The molecule has 1 fully saturated rings. The number of ether oxygens (including phenoxy) is 1. The number of rotatable bonds is 7. The number of hydrogen-bond acceptors (Lipinski definition) is 7. The fourth-order valence-corrected chi connectivity index (χ4v) is 4.33. The van der Waals surface area contributed by atoms with Crippen LogP contribution in [-0.2, 0) is 16.1 Å². The first-order valence-corrected chi connectivity index (χ1v) is 11.8. The fourth-order valence-electron chi connectivity index (χ4n) is 3.88. The number of aromatic nitrogens is 2. The number of nitrogens with one attached hydrogen (secondary N) is 1. The van der Waals surface area contributed by atoms with Gasteiger partial charge in [-0.25, -0.2) is 4.79 Å². The van der Waals surface area contributed by atoms with Gasteiger partial charge < -0.3 is 14.6 Å². The van der Waals surface area contributed by atoms with Crippen LogP contribution in [0.25, 0.3) is 11.4 Å². The molecule has 4 rings (SSSR count). The Labute approximate surface area is 207 Å². The number of carbonyl (C=O) groups excluding carboxylic acids is 2. The lowest BCUT2D eigenvalue weighted by Gasteiger charge is -2.30. The molecule has 0 radical (unpaired) electrons. The van der Waals surface area contributed by atoms with Crippen molar-refractivity contribution >= 4 is 40.8 Å². The van der Waals surface area contributed by atoms with Gasteiger partial charge in [0.15, 0.2) is 0 Å². The Morgan fingerprint density at radius 3 is 2.85 bits per heavy atom. The molecule has 178 valence electrons. The van der Waals surface area contributed by atoms with Crippen LogP contribution in [0.5, 0.6) is 0 Å². The maximum absolute atomic E-state index is 12.9. The summed E-state index contributed by atoms with van der Waals surface area (Å²) in [6, 6.07) is 12.0. The van der Waals surface area contributed by atoms with Crippen molar-refractivity contribution in [3.05, 3.63) is 64.0 Å². The van der Waals surface area contributed by atoms with Gasteiger partial charge in [0.25, 0.3) is 0 Å². The molecule has 0 saturated carbocycles. The summed E-state index contributed by atoms with van der Waals surface area (Å²) in [5.41, 5.74) is 1.58. The number of carbonyl (C=O) groups is 2. The van der Waals surface area contributed by atoms with E-state index in [2.05, 4.69) is 20.4 Å². The average molecular weight is 503 g/mol. The van der Waals surface area contributed by atoms with Crippen molar-refractivity contribution in [1.82, 2.24) is 15.0 Å². The molecule has 0 spiro atoms. The van der Waals surface area contributed by atoms with Crippen molar-refractivity contribution in [2.24, 2.45) is 5.92 Å². The molecule has 1 saturated heterocycles. The average Bonchev–Trinajstić information content (AvgIpc) is 3.28. The molecule has 3 aromatic rings. The first-order chi connectivity index (χ1) is 16.4. The lowest BCUT2D eigenvalue weighted by Crippen LogP contribution is -2.40. The van der Waals surface area contributed by atoms with Gasteiger partial charge in [-0.05, 0) is 56.6 Å². The molecule has 1 N–H and O–H groups in total. The summed E-state index contributed by atoms with van der Waals surface area (Å²) in [4.78, 5) is 31.4. The Hall–Kier alpha value is -2.94. The van der Waals surface area contributed by atoms with Crippen LogP contribution in [0.2, 0.25) is 10.0 Å². The molecular weight excluding hydrogens is 479 g/mol. The lowest BCUT2D eigenvalue weighted by atomic mass is 9.97. The zero-order valence-corrected chi connectivity index (χ0v) is 20.1. The number of esters is 1. The Kier molecular flexibility index (Phi) is 7.82. The zero-order chi connectivity index (χ0) is 24.1. The molecule has 1 amide bonds. The van der Waals surface area contributed by atoms with E-state index in [1.54, 1.807) is 37.3 Å². The molecule has 1 atom stereocenters. The van der Waals surface area contributed by atoms with E-state index in [9.17, 15) is 9.59 Å². The van der Waals surface area contributed by atoms with E-state index in [-0.39, 0.29) is 29.0 Å². The largest absolute Gasteiger partial charge is 0.462 e. The highest BCUT2D eigenvalue weighted by Gasteiger charge is 2.27. The second-order valence-corrected chi connectivity index (χ2v) is 8.84. The Morgan fingerprint density at radius 1 is 1.24 bits per heavy atom. The lowest BCUT2D eigenvalue weighted by molar-refractivity contribution is -0.121. The summed E-state index contributed by atoms with van der Waals surface area (Å²) in [7, 11) is 0. The van der Waals surface area contributed by atoms with Crippen LogP contribution >= 0.6 is 23.2 Å². The van der Waals surface area contributed by atoms with Crippen molar-refractivity contribution in [3.8, 4) is 11.4 Å². The number of likely N-dealkylation sites (tertiary alicyclic amines) is 1. The molecule has 1 aromatic heterocycles. The fraction of sp³-hybridized carbons (Fsp3) is 0.333. The van der Waals surface area contributed by atoms with Gasteiger partial charge >= 0.3 is 5.97 Å². The number of hydrogen-bond donors (Lipinski definition) is 1. The molecule has 2 aromatic carbocycles. The molecule has 0 aliphatic carbocycles. The Bertz CT molecular complexity index is 1180. The number of piperidine rings is 1. The summed E-state index contributed by atoms with van der Waals surface area (Å²) >= 11 is 12.3. The van der Waals surface area contributed by atoms with Gasteiger partial charge in [0.1, 0.15) is 0 Å². The van der Waals surface area contributed by atoms with Gasteiger partial charge in [-0.2, -0.15) is 4.98 Å². The van der Waals surface area contributed by atoms with E-state index >= 15 is 0 Å². The SMILES string of the molecule is CCOC(=O)c1ccc(NC(=O)C2CCCN(Cc3nc(-c4cccc(Cl)c4)no3)C2)cc1Cl. The third-order valence-corrected chi connectivity index (χ3v) is 6.07. The maximum atomic E-state index is 12.9. The van der Waals surface area contributed by atoms with Gasteiger partial charge in [-0.15, -0.1) is 0 Å². The van der Waals surface area contributed by atoms with Gasteiger partial charge in [0.2, 0.25) is 17.6 Å². The highest BCUT2D eigenvalue weighted by Crippen LogP contribution is 2.25.